The van der Waals surface area contributed by atoms with Gasteiger partial charge in [-0.05, 0) is 43.7 Å². The van der Waals surface area contributed by atoms with E-state index in [0.717, 1.165) is 36.2 Å². The number of hydrogen-bond donors (Lipinski definition) is 1. The average Bonchev–Trinajstić information content (AvgIpc) is 2.99. The molecule has 2 aromatic rings. The van der Waals surface area contributed by atoms with Gasteiger partial charge in [0.15, 0.2) is 6.23 Å². The van der Waals surface area contributed by atoms with Crippen LogP contribution in [0.15, 0.2) is 48.5 Å². The fourth-order valence-electron chi connectivity index (χ4n) is 3.04. The van der Waals surface area contributed by atoms with E-state index < -0.39 is 0 Å². The Balaban J connectivity index is 1.85. The molecule has 0 unspecified atom stereocenters. The molecule has 1 amide bonds. The Morgan fingerprint density at radius 3 is 2.75 bits per heavy atom. The molecule has 1 atom stereocenters. The average molecular weight is 325 g/mol. The Morgan fingerprint density at radius 1 is 1.25 bits per heavy atom. The van der Waals surface area contributed by atoms with Crippen LogP contribution in [0.4, 0.5) is 16.2 Å². The van der Waals surface area contributed by atoms with E-state index in [1.165, 1.54) is 0 Å². The second-order valence-corrected chi connectivity index (χ2v) is 6.16. The van der Waals surface area contributed by atoms with E-state index in [2.05, 4.69) is 4.90 Å². The Hall–Kier alpha value is -2.53. The molecule has 5 heteroatoms. The van der Waals surface area contributed by atoms with Gasteiger partial charge in [0, 0.05) is 24.8 Å². The zero-order chi connectivity index (χ0) is 17.1. The quantitative estimate of drug-likeness (QED) is 0.877. The van der Waals surface area contributed by atoms with E-state index in [1.807, 2.05) is 55.6 Å². The number of para-hydroxylation sites is 1. The zero-order valence-corrected chi connectivity index (χ0v) is 14.1. The largest absolute Gasteiger partial charge is 0.430 e. The Kier molecular flexibility index (Phi) is 4.71. The van der Waals surface area contributed by atoms with Gasteiger partial charge >= 0.3 is 6.09 Å². The van der Waals surface area contributed by atoms with Gasteiger partial charge < -0.3 is 10.5 Å². The van der Waals surface area contributed by atoms with Crippen molar-refractivity contribution in [1.82, 2.24) is 4.90 Å². The van der Waals surface area contributed by atoms with Crippen molar-refractivity contribution in [2.24, 2.45) is 0 Å². The lowest BCUT2D eigenvalue weighted by Crippen LogP contribution is -2.36. The minimum absolute atomic E-state index is 0.139. The molecule has 1 fully saturated rings. The summed E-state index contributed by atoms with van der Waals surface area (Å²) in [6, 6.07) is 15.4. The minimum atomic E-state index is -0.342. The molecule has 1 aliphatic heterocycles. The molecule has 0 bridgehead atoms. The van der Waals surface area contributed by atoms with E-state index in [9.17, 15) is 4.79 Å². The standard InChI is InChI=1S/C19H23N3O2/c1-21-12-6-11-18(21)24-19(23)22(2)17-10-4-3-9-16(17)14-7-5-8-15(20)13-14/h3-5,7-10,13,18H,6,11-12,20H2,1-2H3/t18-/m0/s1. The van der Waals surface area contributed by atoms with Gasteiger partial charge in [-0.25, -0.2) is 4.79 Å². The summed E-state index contributed by atoms with van der Waals surface area (Å²) in [5.41, 5.74) is 9.31. The maximum Gasteiger partial charge on any atom is 0.415 e. The van der Waals surface area contributed by atoms with Gasteiger partial charge in [0.05, 0.1) is 5.69 Å². The van der Waals surface area contributed by atoms with Gasteiger partial charge in [-0.1, -0.05) is 30.3 Å². The fraction of sp³-hybridized carbons (Fsp3) is 0.316. The predicted octanol–water partition coefficient (Wildman–Crippen LogP) is 3.56. The van der Waals surface area contributed by atoms with Crippen molar-refractivity contribution >= 4 is 17.5 Å². The molecule has 126 valence electrons. The first-order chi connectivity index (χ1) is 11.6. The van der Waals surface area contributed by atoms with Gasteiger partial charge in [-0.2, -0.15) is 0 Å². The first-order valence-corrected chi connectivity index (χ1v) is 8.16. The van der Waals surface area contributed by atoms with Gasteiger partial charge in [-0.3, -0.25) is 9.80 Å². The highest BCUT2D eigenvalue weighted by Crippen LogP contribution is 2.31. The number of amides is 1. The van der Waals surface area contributed by atoms with Crippen molar-refractivity contribution in [3.05, 3.63) is 48.5 Å². The molecule has 0 aliphatic carbocycles. The van der Waals surface area contributed by atoms with Crippen molar-refractivity contribution < 1.29 is 9.53 Å². The molecule has 0 aromatic heterocycles. The molecule has 0 spiro atoms. The first kappa shape index (κ1) is 16.3. The summed E-state index contributed by atoms with van der Waals surface area (Å²) in [6.07, 6.45) is 1.45. The molecule has 2 N–H and O–H groups in total. The molecule has 1 heterocycles. The van der Waals surface area contributed by atoms with Crippen LogP contribution in [0.5, 0.6) is 0 Å². The third-order valence-electron chi connectivity index (χ3n) is 4.43. The van der Waals surface area contributed by atoms with Crippen LogP contribution in [0.25, 0.3) is 11.1 Å². The van der Waals surface area contributed by atoms with Gasteiger partial charge in [0.1, 0.15) is 0 Å². The third-order valence-corrected chi connectivity index (χ3v) is 4.43. The highest BCUT2D eigenvalue weighted by atomic mass is 16.6. The second kappa shape index (κ2) is 6.93. The van der Waals surface area contributed by atoms with Gasteiger partial charge in [0.25, 0.3) is 0 Å². The summed E-state index contributed by atoms with van der Waals surface area (Å²) < 4.78 is 5.64. The first-order valence-electron chi connectivity index (χ1n) is 8.16. The molecule has 0 saturated carbocycles. The Morgan fingerprint density at radius 2 is 2.04 bits per heavy atom. The van der Waals surface area contributed by atoms with Gasteiger partial charge in [-0.15, -0.1) is 0 Å². The third kappa shape index (κ3) is 3.36. The summed E-state index contributed by atoms with van der Waals surface area (Å²) in [7, 11) is 3.72. The topological polar surface area (TPSA) is 58.8 Å². The highest BCUT2D eigenvalue weighted by Gasteiger charge is 2.27. The number of ether oxygens (including phenoxy) is 1. The van der Waals surface area contributed by atoms with Crippen molar-refractivity contribution in [2.45, 2.75) is 19.1 Å². The number of nitrogens with zero attached hydrogens (tertiary/aromatic N) is 2. The second-order valence-electron chi connectivity index (χ2n) is 6.16. The van der Waals surface area contributed by atoms with Crippen LogP contribution >= 0.6 is 0 Å². The molecule has 5 nitrogen and oxygen atoms in total. The maximum atomic E-state index is 12.5. The monoisotopic (exact) mass is 325 g/mol. The molecule has 3 rings (SSSR count). The van der Waals surface area contributed by atoms with Crippen LogP contribution in [0.2, 0.25) is 0 Å². The summed E-state index contributed by atoms with van der Waals surface area (Å²) in [5, 5.41) is 0. The number of anilines is 2. The van der Waals surface area contributed by atoms with Crippen molar-refractivity contribution in [1.29, 1.82) is 0 Å². The summed E-state index contributed by atoms with van der Waals surface area (Å²) in [5.74, 6) is 0. The normalized spacial score (nSPS) is 17.7. The number of nitrogens with two attached hydrogens (primary N) is 1. The van der Waals surface area contributed by atoms with Crippen LogP contribution in [0, 0.1) is 0 Å². The summed E-state index contributed by atoms with van der Waals surface area (Å²) in [4.78, 5) is 16.2. The Labute approximate surface area is 142 Å². The number of carbonyl (C=O) groups excluding carboxylic acids is 1. The lowest BCUT2D eigenvalue weighted by molar-refractivity contribution is 0.0315. The van der Waals surface area contributed by atoms with Gasteiger partial charge in [0.2, 0.25) is 0 Å². The van der Waals surface area contributed by atoms with E-state index in [4.69, 9.17) is 10.5 Å². The van der Waals surface area contributed by atoms with Crippen LogP contribution < -0.4 is 10.6 Å². The number of benzene rings is 2. The van der Waals surface area contributed by atoms with Crippen LogP contribution in [-0.2, 0) is 4.74 Å². The van der Waals surface area contributed by atoms with Crippen LogP contribution in [-0.4, -0.2) is 37.9 Å². The van der Waals surface area contributed by atoms with Crippen LogP contribution in [0.1, 0.15) is 12.8 Å². The fourth-order valence-corrected chi connectivity index (χ4v) is 3.04. The molecular formula is C19H23N3O2. The number of carbonyl (C=O) groups is 1. The van der Waals surface area contributed by atoms with E-state index in [-0.39, 0.29) is 12.3 Å². The Bertz CT molecular complexity index is 732. The highest BCUT2D eigenvalue weighted by molar-refractivity contribution is 5.93. The molecule has 0 radical (unpaired) electrons. The zero-order valence-electron chi connectivity index (χ0n) is 14.1. The minimum Gasteiger partial charge on any atom is -0.430 e. The number of rotatable bonds is 3. The van der Waals surface area contributed by atoms with E-state index >= 15 is 0 Å². The van der Waals surface area contributed by atoms with E-state index in [0.29, 0.717) is 5.69 Å². The molecular weight excluding hydrogens is 302 g/mol. The molecule has 1 aliphatic rings. The van der Waals surface area contributed by atoms with Crippen molar-refractivity contribution in [2.75, 3.05) is 31.3 Å². The van der Waals surface area contributed by atoms with E-state index in [1.54, 1.807) is 11.9 Å². The molecule has 1 saturated heterocycles. The predicted molar refractivity (Wildman–Crippen MR) is 96.8 cm³/mol. The lowest BCUT2D eigenvalue weighted by Gasteiger charge is -2.25. The maximum absolute atomic E-state index is 12.5. The van der Waals surface area contributed by atoms with Crippen molar-refractivity contribution in [3.63, 3.8) is 0 Å². The molecule has 24 heavy (non-hydrogen) atoms. The summed E-state index contributed by atoms with van der Waals surface area (Å²) in [6.45, 7) is 0.960. The molecule has 2 aromatic carbocycles. The number of likely N-dealkylation sites (tertiary alicyclic amines) is 1. The number of nitrogen functional groups attached to an aromatic ring is 1. The lowest BCUT2D eigenvalue weighted by atomic mass is 10.0. The smallest absolute Gasteiger partial charge is 0.415 e. The summed E-state index contributed by atoms with van der Waals surface area (Å²) >= 11 is 0. The van der Waals surface area contributed by atoms with Crippen LogP contribution in [0.3, 0.4) is 0 Å². The van der Waals surface area contributed by atoms with Crippen molar-refractivity contribution in [3.8, 4) is 11.1 Å². The SMILES string of the molecule is CN(C(=O)O[C@H]1CCCN1C)c1ccccc1-c1cccc(N)c1. The number of hydrogen-bond acceptors (Lipinski definition) is 4.